The van der Waals surface area contributed by atoms with Gasteiger partial charge in [-0.05, 0) is 42.8 Å². The van der Waals surface area contributed by atoms with E-state index in [1.54, 1.807) is 18.2 Å². The number of hydrogen-bond acceptors (Lipinski definition) is 4. The molecule has 3 aromatic rings. The van der Waals surface area contributed by atoms with E-state index in [-0.39, 0.29) is 11.5 Å². The van der Waals surface area contributed by atoms with E-state index in [0.29, 0.717) is 28.9 Å². The summed E-state index contributed by atoms with van der Waals surface area (Å²) in [4.78, 5) is 16.2. The summed E-state index contributed by atoms with van der Waals surface area (Å²) in [7, 11) is 0. The molecule has 0 amide bonds. The predicted octanol–water partition coefficient (Wildman–Crippen LogP) is 5.49. The number of fused-ring (bicyclic) bond motifs is 1. The second-order valence-electron chi connectivity index (χ2n) is 6.43. The van der Waals surface area contributed by atoms with Crippen LogP contribution in [0.5, 0.6) is 0 Å². The van der Waals surface area contributed by atoms with E-state index in [1.807, 2.05) is 18.3 Å². The average Bonchev–Trinajstić information content (AvgIpc) is 3.17. The average molecular weight is 403 g/mol. The van der Waals surface area contributed by atoms with Crippen molar-refractivity contribution in [3.05, 3.63) is 63.8 Å². The van der Waals surface area contributed by atoms with E-state index in [9.17, 15) is 9.90 Å². The zero-order chi connectivity index (χ0) is 19.0. The van der Waals surface area contributed by atoms with Crippen molar-refractivity contribution < 1.29 is 14.6 Å². The first-order valence-corrected chi connectivity index (χ1v) is 9.24. The number of aromatic nitrogens is 1. The smallest absolute Gasteiger partial charge is 0.337 e. The van der Waals surface area contributed by atoms with Crippen molar-refractivity contribution in [3.63, 3.8) is 0 Å². The van der Waals surface area contributed by atoms with Gasteiger partial charge in [-0.1, -0.05) is 23.2 Å². The lowest BCUT2D eigenvalue weighted by molar-refractivity contribution is 0.0698. The van der Waals surface area contributed by atoms with Crippen LogP contribution in [0.25, 0.3) is 10.9 Å². The Morgan fingerprint density at radius 2 is 1.96 bits per heavy atom. The van der Waals surface area contributed by atoms with Crippen LogP contribution in [0, 0.1) is 0 Å². The number of carbonyl (C=O) groups is 1. The van der Waals surface area contributed by atoms with Gasteiger partial charge in [0.25, 0.3) is 0 Å². The molecule has 2 heterocycles. The maximum absolute atomic E-state index is 11.7. The van der Waals surface area contributed by atoms with Crippen LogP contribution in [0.1, 0.15) is 28.3 Å². The zero-order valence-corrected chi connectivity index (χ0v) is 15.7. The molecule has 1 saturated heterocycles. The van der Waals surface area contributed by atoms with Gasteiger partial charge in [-0.3, -0.25) is 4.98 Å². The molecule has 2 aromatic carbocycles. The van der Waals surface area contributed by atoms with E-state index < -0.39 is 5.97 Å². The molecule has 1 atom stereocenters. The Morgan fingerprint density at radius 3 is 2.70 bits per heavy atom. The molecular formula is C20H16Cl2N2O3. The third kappa shape index (κ3) is 3.58. The van der Waals surface area contributed by atoms with Crippen molar-refractivity contribution >= 4 is 51.4 Å². The van der Waals surface area contributed by atoms with Gasteiger partial charge in [0.15, 0.2) is 0 Å². The van der Waals surface area contributed by atoms with Gasteiger partial charge >= 0.3 is 5.97 Å². The Morgan fingerprint density at radius 1 is 1.19 bits per heavy atom. The number of ether oxygens (including phenoxy) is 1. The first-order chi connectivity index (χ1) is 13.0. The molecule has 0 saturated carbocycles. The van der Waals surface area contributed by atoms with Crippen molar-refractivity contribution in [3.8, 4) is 0 Å². The molecule has 0 bridgehead atoms. The fourth-order valence-corrected chi connectivity index (χ4v) is 3.69. The summed E-state index contributed by atoms with van der Waals surface area (Å²) in [5, 5.41) is 14.6. The van der Waals surface area contributed by atoms with Gasteiger partial charge in [0.2, 0.25) is 0 Å². The molecule has 0 unspecified atom stereocenters. The Kier molecular flexibility index (Phi) is 4.91. The number of carboxylic acid groups (broad SMARTS) is 1. The molecular weight excluding hydrogens is 387 g/mol. The Hall–Kier alpha value is -2.34. The molecule has 0 aliphatic carbocycles. The van der Waals surface area contributed by atoms with Gasteiger partial charge < -0.3 is 15.2 Å². The molecule has 1 aromatic heterocycles. The minimum atomic E-state index is -1.05. The third-order valence-corrected chi connectivity index (χ3v) is 5.17. The Bertz CT molecular complexity index is 1030. The molecule has 1 fully saturated rings. The molecule has 4 rings (SSSR count). The minimum absolute atomic E-state index is 0.100. The second-order valence-corrected chi connectivity index (χ2v) is 7.30. The molecule has 0 radical (unpaired) electrons. The van der Waals surface area contributed by atoms with E-state index in [4.69, 9.17) is 27.9 Å². The number of nitrogens with zero attached hydrogens (tertiary/aromatic N) is 1. The maximum atomic E-state index is 11.7. The normalized spacial score (nSPS) is 16.6. The fourth-order valence-electron chi connectivity index (χ4n) is 3.35. The lowest BCUT2D eigenvalue weighted by atomic mass is 9.96. The SMILES string of the molecule is O=C(O)c1cc(Cl)ccc1Nc1c([C@@H]2CCOC2)cnc2ccc(Cl)cc12. The minimum Gasteiger partial charge on any atom is -0.478 e. The fraction of sp³-hybridized carbons (Fsp3) is 0.200. The number of anilines is 2. The highest BCUT2D eigenvalue weighted by Crippen LogP contribution is 2.38. The van der Waals surface area contributed by atoms with Crippen LogP contribution in [0.4, 0.5) is 11.4 Å². The number of nitrogens with one attached hydrogen (secondary N) is 1. The lowest BCUT2D eigenvalue weighted by Crippen LogP contribution is -2.08. The molecule has 7 heteroatoms. The molecule has 138 valence electrons. The summed E-state index contributed by atoms with van der Waals surface area (Å²) in [6, 6.07) is 10.2. The van der Waals surface area contributed by atoms with Gasteiger partial charge in [0.1, 0.15) is 0 Å². The van der Waals surface area contributed by atoms with Crippen LogP contribution >= 0.6 is 23.2 Å². The Balaban J connectivity index is 1.90. The number of carboxylic acids is 1. The van der Waals surface area contributed by atoms with Gasteiger partial charge in [-0.15, -0.1) is 0 Å². The topological polar surface area (TPSA) is 71.5 Å². The molecule has 0 spiro atoms. The molecule has 1 aliphatic rings. The number of pyridine rings is 1. The van der Waals surface area contributed by atoms with Crippen molar-refractivity contribution in [1.82, 2.24) is 4.98 Å². The van der Waals surface area contributed by atoms with Gasteiger partial charge in [-0.2, -0.15) is 0 Å². The standard InChI is InChI=1S/C20H16Cl2N2O3/c21-12-1-3-17-14(7-12)19(16(9-23-17)11-5-6-27-10-11)24-18-4-2-13(22)8-15(18)20(25)26/h1-4,7-9,11H,5-6,10H2,(H,23,24)(H,25,26)/t11-/m1/s1. The van der Waals surface area contributed by atoms with Crippen LogP contribution in [0.3, 0.4) is 0 Å². The lowest BCUT2D eigenvalue weighted by Gasteiger charge is -2.19. The van der Waals surface area contributed by atoms with Crippen LogP contribution in [-0.2, 0) is 4.74 Å². The van der Waals surface area contributed by atoms with Crippen LogP contribution < -0.4 is 5.32 Å². The second kappa shape index (κ2) is 7.35. The molecule has 27 heavy (non-hydrogen) atoms. The summed E-state index contributed by atoms with van der Waals surface area (Å²) in [6.45, 7) is 1.30. The number of hydrogen-bond donors (Lipinski definition) is 2. The number of benzene rings is 2. The van der Waals surface area contributed by atoms with Crippen molar-refractivity contribution in [2.45, 2.75) is 12.3 Å². The first kappa shape index (κ1) is 18.0. The highest BCUT2D eigenvalue weighted by molar-refractivity contribution is 6.31. The Labute approximate surface area is 165 Å². The van der Waals surface area contributed by atoms with Crippen molar-refractivity contribution in [2.75, 3.05) is 18.5 Å². The number of aromatic carboxylic acids is 1. The highest BCUT2D eigenvalue weighted by atomic mass is 35.5. The highest BCUT2D eigenvalue weighted by Gasteiger charge is 2.24. The van der Waals surface area contributed by atoms with Crippen molar-refractivity contribution in [2.24, 2.45) is 0 Å². The van der Waals surface area contributed by atoms with Crippen LogP contribution in [-0.4, -0.2) is 29.3 Å². The zero-order valence-electron chi connectivity index (χ0n) is 14.2. The summed E-state index contributed by atoms with van der Waals surface area (Å²) >= 11 is 12.2. The summed E-state index contributed by atoms with van der Waals surface area (Å²) in [5.74, 6) is -0.869. The maximum Gasteiger partial charge on any atom is 0.337 e. The van der Waals surface area contributed by atoms with Gasteiger partial charge in [-0.25, -0.2) is 4.79 Å². The number of halogens is 2. The van der Waals surface area contributed by atoms with Gasteiger partial charge in [0.05, 0.1) is 29.1 Å². The summed E-state index contributed by atoms with van der Waals surface area (Å²) in [6.07, 6.45) is 2.71. The monoisotopic (exact) mass is 402 g/mol. The quantitative estimate of drug-likeness (QED) is 0.603. The summed E-state index contributed by atoms with van der Waals surface area (Å²) in [5.41, 5.74) is 3.11. The first-order valence-electron chi connectivity index (χ1n) is 8.48. The van der Waals surface area contributed by atoms with Gasteiger partial charge in [0, 0.05) is 39.7 Å². The number of rotatable bonds is 4. The van der Waals surface area contributed by atoms with Crippen molar-refractivity contribution in [1.29, 1.82) is 0 Å². The van der Waals surface area contributed by atoms with E-state index >= 15 is 0 Å². The van der Waals surface area contributed by atoms with E-state index in [1.165, 1.54) is 6.07 Å². The van der Waals surface area contributed by atoms with Crippen LogP contribution in [0.2, 0.25) is 10.0 Å². The third-order valence-electron chi connectivity index (χ3n) is 4.70. The molecule has 5 nitrogen and oxygen atoms in total. The molecule has 1 aliphatic heterocycles. The largest absolute Gasteiger partial charge is 0.478 e. The predicted molar refractivity (Wildman–Crippen MR) is 107 cm³/mol. The van der Waals surface area contributed by atoms with Crippen LogP contribution in [0.15, 0.2) is 42.6 Å². The molecule has 2 N–H and O–H groups in total. The van der Waals surface area contributed by atoms with E-state index in [2.05, 4.69) is 10.3 Å². The summed E-state index contributed by atoms with van der Waals surface area (Å²) < 4.78 is 5.54. The van der Waals surface area contributed by atoms with E-state index in [0.717, 1.165) is 28.6 Å².